The predicted molar refractivity (Wildman–Crippen MR) is 119 cm³/mol. The van der Waals surface area contributed by atoms with Crippen molar-refractivity contribution < 1.29 is 22.4 Å². The van der Waals surface area contributed by atoms with Crippen LogP contribution in [-0.2, 0) is 16.6 Å². The number of carbonyl (C=O) groups is 2. The maximum Gasteiger partial charge on any atom is 0.261 e. The summed E-state index contributed by atoms with van der Waals surface area (Å²) in [5.74, 6) is -0.942. The number of nitrogens with zero attached hydrogens (tertiary/aromatic N) is 1. The molecule has 0 heterocycles. The Labute approximate surface area is 185 Å². The summed E-state index contributed by atoms with van der Waals surface area (Å²) in [4.78, 5) is 25.8. The van der Waals surface area contributed by atoms with E-state index in [4.69, 9.17) is 0 Å². The molecule has 3 aromatic rings. The number of amides is 2. The van der Waals surface area contributed by atoms with E-state index in [9.17, 15) is 22.4 Å². The monoisotopic (exact) mass is 455 g/mol. The molecule has 0 radical (unpaired) electrons. The van der Waals surface area contributed by atoms with Crippen molar-refractivity contribution in [1.82, 2.24) is 10.2 Å². The minimum absolute atomic E-state index is 0.0224. The van der Waals surface area contributed by atoms with Crippen molar-refractivity contribution in [2.75, 3.05) is 18.8 Å². The second-order valence-corrected chi connectivity index (χ2v) is 8.76. The van der Waals surface area contributed by atoms with Crippen LogP contribution in [0.1, 0.15) is 26.3 Å². The van der Waals surface area contributed by atoms with Gasteiger partial charge in [0.1, 0.15) is 5.82 Å². The summed E-state index contributed by atoms with van der Waals surface area (Å²) in [5.41, 5.74) is 1.93. The average Bonchev–Trinajstić information content (AvgIpc) is 2.80. The molecule has 0 fully saturated rings. The van der Waals surface area contributed by atoms with E-state index >= 15 is 0 Å². The fraction of sp³-hybridized carbons (Fsp3) is 0.130. The van der Waals surface area contributed by atoms with Crippen LogP contribution in [-0.4, -0.2) is 39.2 Å². The second-order valence-electron chi connectivity index (χ2n) is 7.07. The molecular weight excluding hydrogens is 433 g/mol. The van der Waals surface area contributed by atoms with Crippen LogP contribution in [0.5, 0.6) is 0 Å². The lowest BCUT2D eigenvalue weighted by Crippen LogP contribution is -2.26. The van der Waals surface area contributed by atoms with Crippen LogP contribution >= 0.6 is 0 Å². The lowest BCUT2D eigenvalue weighted by molar-refractivity contribution is 0.0784. The maximum atomic E-state index is 13.0. The Morgan fingerprint density at radius 2 is 1.44 bits per heavy atom. The van der Waals surface area contributed by atoms with Crippen LogP contribution in [0, 0.1) is 5.82 Å². The summed E-state index contributed by atoms with van der Waals surface area (Å²) in [5, 5.41) is 2.55. The normalized spacial score (nSPS) is 11.0. The third-order valence-electron chi connectivity index (χ3n) is 4.72. The van der Waals surface area contributed by atoms with Crippen LogP contribution < -0.4 is 10.0 Å². The summed E-state index contributed by atoms with van der Waals surface area (Å²) in [6.07, 6.45) is 0. The van der Waals surface area contributed by atoms with Crippen molar-refractivity contribution in [3.05, 3.63) is 95.3 Å². The van der Waals surface area contributed by atoms with E-state index in [1.165, 1.54) is 41.3 Å². The van der Waals surface area contributed by atoms with Crippen molar-refractivity contribution >= 4 is 27.5 Å². The number of anilines is 1. The molecule has 0 aliphatic carbocycles. The molecule has 3 aromatic carbocycles. The fourth-order valence-corrected chi connectivity index (χ4v) is 4.04. The molecule has 0 aliphatic rings. The molecular formula is C23H22FN3O4S. The lowest BCUT2D eigenvalue weighted by atomic mass is 10.1. The molecule has 0 spiro atoms. The number of sulfonamides is 1. The largest absolute Gasteiger partial charge is 0.355 e. The van der Waals surface area contributed by atoms with Crippen molar-refractivity contribution in [3.8, 4) is 0 Å². The maximum absolute atomic E-state index is 13.0. The molecule has 32 heavy (non-hydrogen) atoms. The van der Waals surface area contributed by atoms with Crippen LogP contribution in [0.25, 0.3) is 0 Å². The lowest BCUT2D eigenvalue weighted by Gasteiger charge is -2.18. The number of hydrogen-bond acceptors (Lipinski definition) is 4. The van der Waals surface area contributed by atoms with Crippen molar-refractivity contribution in [3.63, 3.8) is 0 Å². The number of rotatable bonds is 7. The van der Waals surface area contributed by atoms with Gasteiger partial charge in [-0.25, -0.2) is 12.8 Å². The summed E-state index contributed by atoms with van der Waals surface area (Å²) in [6, 6.07) is 17.4. The van der Waals surface area contributed by atoms with E-state index in [0.717, 1.165) is 17.7 Å². The Bertz CT molecular complexity index is 1210. The molecule has 2 N–H and O–H groups in total. The number of nitrogens with one attached hydrogen (secondary N) is 2. The quantitative estimate of drug-likeness (QED) is 0.572. The molecule has 0 saturated carbocycles. The van der Waals surface area contributed by atoms with Crippen LogP contribution in [0.4, 0.5) is 10.1 Å². The van der Waals surface area contributed by atoms with Crippen LogP contribution in [0.15, 0.2) is 77.7 Å². The van der Waals surface area contributed by atoms with Gasteiger partial charge in [0.15, 0.2) is 0 Å². The van der Waals surface area contributed by atoms with Gasteiger partial charge in [0, 0.05) is 37.5 Å². The number of carbonyl (C=O) groups excluding carboxylic acids is 2. The van der Waals surface area contributed by atoms with Gasteiger partial charge in [-0.05, 0) is 66.2 Å². The highest BCUT2D eigenvalue weighted by Gasteiger charge is 2.17. The molecule has 0 saturated heterocycles. The smallest absolute Gasteiger partial charge is 0.261 e. The molecule has 0 unspecified atom stereocenters. The number of halogens is 1. The third kappa shape index (κ3) is 5.50. The highest BCUT2D eigenvalue weighted by Crippen LogP contribution is 2.18. The molecule has 2 amide bonds. The van der Waals surface area contributed by atoms with Gasteiger partial charge in [-0.15, -0.1) is 0 Å². The summed E-state index contributed by atoms with van der Waals surface area (Å²) < 4.78 is 40.4. The first-order valence-corrected chi connectivity index (χ1v) is 11.1. The molecule has 0 aromatic heterocycles. The highest BCUT2D eigenvalue weighted by atomic mass is 32.2. The van der Waals surface area contributed by atoms with Crippen LogP contribution in [0.3, 0.4) is 0 Å². The zero-order valence-electron chi connectivity index (χ0n) is 17.5. The summed E-state index contributed by atoms with van der Waals surface area (Å²) >= 11 is 0. The Kier molecular flexibility index (Phi) is 6.89. The predicted octanol–water partition coefficient (Wildman–Crippen LogP) is 3.26. The molecule has 0 aliphatic heterocycles. The van der Waals surface area contributed by atoms with Crippen molar-refractivity contribution in [2.24, 2.45) is 0 Å². The molecule has 3 rings (SSSR count). The van der Waals surface area contributed by atoms with Gasteiger partial charge in [-0.3, -0.25) is 14.3 Å². The fourth-order valence-electron chi connectivity index (χ4n) is 2.98. The molecule has 7 nitrogen and oxygen atoms in total. The van der Waals surface area contributed by atoms with E-state index in [2.05, 4.69) is 10.0 Å². The summed E-state index contributed by atoms with van der Waals surface area (Å²) in [7, 11) is -0.693. The van der Waals surface area contributed by atoms with Gasteiger partial charge in [-0.1, -0.05) is 12.1 Å². The Morgan fingerprint density at radius 3 is 2.00 bits per heavy atom. The molecule has 0 atom stereocenters. The van der Waals surface area contributed by atoms with Gasteiger partial charge < -0.3 is 10.2 Å². The van der Waals surface area contributed by atoms with Crippen molar-refractivity contribution in [1.29, 1.82) is 0 Å². The first kappa shape index (κ1) is 23.0. The van der Waals surface area contributed by atoms with Gasteiger partial charge in [-0.2, -0.15) is 0 Å². The third-order valence-corrected chi connectivity index (χ3v) is 6.11. The zero-order valence-corrected chi connectivity index (χ0v) is 18.3. The topological polar surface area (TPSA) is 95.6 Å². The Hall–Kier alpha value is -3.72. The van der Waals surface area contributed by atoms with Gasteiger partial charge in [0.25, 0.3) is 21.8 Å². The summed E-state index contributed by atoms with van der Waals surface area (Å²) in [6.45, 7) is 0.318. The first-order chi connectivity index (χ1) is 15.2. The minimum Gasteiger partial charge on any atom is -0.355 e. The van der Waals surface area contributed by atoms with E-state index < -0.39 is 15.8 Å². The van der Waals surface area contributed by atoms with Crippen LogP contribution in [0.2, 0.25) is 0 Å². The standard InChI is InChI=1S/C23H22FN3O4S/c1-25-22(28)17-5-3-16(4-6-17)15-27(2)23(29)18-7-13-21(14-8-18)32(30,31)26-20-11-9-19(24)10-12-20/h3-14,26H,15H2,1-2H3,(H,25,28). The van der Waals surface area contributed by atoms with Gasteiger partial charge in [0.2, 0.25) is 0 Å². The van der Waals surface area contributed by atoms with E-state index in [1.54, 1.807) is 38.4 Å². The Morgan fingerprint density at radius 1 is 0.875 bits per heavy atom. The zero-order chi connectivity index (χ0) is 23.3. The van der Waals surface area contributed by atoms with Gasteiger partial charge in [0.05, 0.1) is 4.90 Å². The Balaban J connectivity index is 1.67. The van der Waals surface area contributed by atoms with E-state index in [0.29, 0.717) is 17.7 Å². The SMILES string of the molecule is CNC(=O)c1ccc(CN(C)C(=O)c2ccc(S(=O)(=O)Nc3ccc(F)cc3)cc2)cc1. The van der Waals surface area contributed by atoms with E-state index in [-0.39, 0.29) is 22.4 Å². The molecule has 0 bridgehead atoms. The second kappa shape index (κ2) is 9.61. The van der Waals surface area contributed by atoms with Crippen molar-refractivity contribution in [2.45, 2.75) is 11.4 Å². The average molecular weight is 456 g/mol. The van der Waals surface area contributed by atoms with Gasteiger partial charge >= 0.3 is 0 Å². The van der Waals surface area contributed by atoms with E-state index in [1.807, 2.05) is 0 Å². The molecule has 9 heteroatoms. The number of benzene rings is 3. The number of hydrogen-bond donors (Lipinski definition) is 2. The molecule has 166 valence electrons. The minimum atomic E-state index is -3.88. The first-order valence-electron chi connectivity index (χ1n) is 9.64. The highest BCUT2D eigenvalue weighted by molar-refractivity contribution is 7.92.